The second-order valence-electron chi connectivity index (χ2n) is 8.55. The van der Waals surface area contributed by atoms with Crippen LogP contribution in [0.3, 0.4) is 0 Å². The van der Waals surface area contributed by atoms with Crippen LogP contribution in [0.1, 0.15) is 97.3 Å². The van der Waals surface area contributed by atoms with E-state index in [-0.39, 0.29) is 31.2 Å². The lowest BCUT2D eigenvalue weighted by atomic mass is 9.78. The van der Waals surface area contributed by atoms with Gasteiger partial charge in [-0.1, -0.05) is 71.1 Å². The molecular weight excluding hydrogens is 312 g/mol. The molecule has 1 rings (SSSR count). The summed E-state index contributed by atoms with van der Waals surface area (Å²) in [6, 6.07) is 0. The summed E-state index contributed by atoms with van der Waals surface area (Å²) in [6.07, 6.45) is 15.8. The Bertz CT molecular complexity index is 306. The van der Waals surface area contributed by atoms with Crippen LogP contribution in [0.2, 0.25) is 0 Å². The van der Waals surface area contributed by atoms with E-state index in [0.29, 0.717) is 6.42 Å². The summed E-state index contributed by atoms with van der Waals surface area (Å²) in [7, 11) is 0. The maximum atomic E-state index is 9.86. The van der Waals surface area contributed by atoms with Crippen LogP contribution in [0.15, 0.2) is 0 Å². The fourth-order valence-electron chi connectivity index (χ4n) is 4.73. The van der Waals surface area contributed by atoms with E-state index in [4.69, 9.17) is 0 Å². The van der Waals surface area contributed by atoms with E-state index < -0.39 is 0 Å². The van der Waals surface area contributed by atoms with Crippen molar-refractivity contribution in [1.29, 1.82) is 0 Å². The molecule has 0 amide bonds. The highest BCUT2D eigenvalue weighted by Crippen LogP contribution is 2.40. The number of hydrogen-bond donors (Lipinski definition) is 3. The molecule has 0 bridgehead atoms. The monoisotopic (exact) mass is 356 g/mol. The van der Waals surface area contributed by atoms with Crippen LogP contribution >= 0.6 is 0 Å². The molecule has 150 valence electrons. The van der Waals surface area contributed by atoms with Gasteiger partial charge in [0.15, 0.2) is 0 Å². The average molecular weight is 357 g/mol. The molecule has 3 nitrogen and oxygen atoms in total. The van der Waals surface area contributed by atoms with Gasteiger partial charge < -0.3 is 15.3 Å². The standard InChI is InChI=1S/C22H44O3/c1-3-4-5-6-7-8-10-19-11-9-12-20(19)15-22(17-24)21(16-23)14-13-18(2)25/h18-25H,3-17H2,1-2H3/t18?,19-,20+,21?,22?/m0/s1. The van der Waals surface area contributed by atoms with E-state index >= 15 is 0 Å². The molecule has 1 fully saturated rings. The molecule has 0 aromatic heterocycles. The number of unbranched alkanes of at least 4 members (excludes halogenated alkanes) is 5. The van der Waals surface area contributed by atoms with Gasteiger partial charge >= 0.3 is 0 Å². The molecule has 0 aromatic rings. The number of rotatable bonds is 15. The van der Waals surface area contributed by atoms with Crippen molar-refractivity contribution in [3.05, 3.63) is 0 Å². The Kier molecular flexibility index (Phi) is 12.8. The van der Waals surface area contributed by atoms with E-state index in [9.17, 15) is 15.3 Å². The Balaban J connectivity index is 2.37. The van der Waals surface area contributed by atoms with Crippen molar-refractivity contribution in [3.8, 4) is 0 Å². The lowest BCUT2D eigenvalue weighted by molar-refractivity contribution is 0.0774. The highest BCUT2D eigenvalue weighted by atomic mass is 16.3. The van der Waals surface area contributed by atoms with Gasteiger partial charge in [-0.05, 0) is 49.9 Å². The van der Waals surface area contributed by atoms with Crippen LogP contribution < -0.4 is 0 Å². The Labute approximate surface area is 156 Å². The van der Waals surface area contributed by atoms with Crippen LogP contribution in [0.4, 0.5) is 0 Å². The number of aliphatic hydroxyl groups excluding tert-OH is 3. The van der Waals surface area contributed by atoms with Crippen molar-refractivity contribution in [3.63, 3.8) is 0 Å². The van der Waals surface area contributed by atoms with Crippen LogP contribution in [0.25, 0.3) is 0 Å². The van der Waals surface area contributed by atoms with E-state index in [1.165, 1.54) is 64.2 Å². The fraction of sp³-hybridized carbons (Fsp3) is 1.00. The minimum atomic E-state index is -0.319. The lowest BCUT2D eigenvalue weighted by Gasteiger charge is -2.29. The highest BCUT2D eigenvalue weighted by molar-refractivity contribution is 4.82. The molecule has 0 radical (unpaired) electrons. The molecule has 5 atom stereocenters. The topological polar surface area (TPSA) is 60.7 Å². The molecule has 3 unspecified atom stereocenters. The molecular formula is C22H44O3. The first-order chi connectivity index (χ1) is 12.1. The summed E-state index contributed by atoms with van der Waals surface area (Å²) in [5, 5.41) is 29.1. The van der Waals surface area contributed by atoms with Gasteiger partial charge in [-0.25, -0.2) is 0 Å². The molecule has 0 spiro atoms. The molecule has 0 heterocycles. The smallest absolute Gasteiger partial charge is 0.0512 e. The summed E-state index contributed by atoms with van der Waals surface area (Å²) < 4.78 is 0. The van der Waals surface area contributed by atoms with Crippen molar-refractivity contribution in [2.75, 3.05) is 13.2 Å². The molecule has 1 saturated carbocycles. The summed E-state index contributed by atoms with van der Waals surface area (Å²) in [6.45, 7) is 4.37. The Morgan fingerprint density at radius 1 is 0.840 bits per heavy atom. The molecule has 25 heavy (non-hydrogen) atoms. The third-order valence-electron chi connectivity index (χ3n) is 6.44. The van der Waals surface area contributed by atoms with Gasteiger partial charge in [0, 0.05) is 13.2 Å². The summed E-state index contributed by atoms with van der Waals surface area (Å²) in [4.78, 5) is 0. The van der Waals surface area contributed by atoms with E-state index in [2.05, 4.69) is 6.92 Å². The first-order valence-electron chi connectivity index (χ1n) is 11.0. The normalized spacial score (nSPS) is 24.4. The Morgan fingerprint density at radius 2 is 1.48 bits per heavy atom. The van der Waals surface area contributed by atoms with Crippen LogP contribution in [-0.4, -0.2) is 34.6 Å². The lowest BCUT2D eigenvalue weighted by Crippen LogP contribution is -2.26. The average Bonchev–Trinajstić information content (AvgIpc) is 3.04. The SMILES string of the molecule is CCCCCCCC[C@H]1CCC[C@@H]1CC(CO)C(CO)CCC(C)O. The third-order valence-corrected chi connectivity index (χ3v) is 6.44. The van der Waals surface area contributed by atoms with Crippen LogP contribution in [0, 0.1) is 23.7 Å². The second kappa shape index (κ2) is 14.0. The number of aliphatic hydroxyl groups is 3. The van der Waals surface area contributed by atoms with E-state index in [1.807, 2.05) is 0 Å². The van der Waals surface area contributed by atoms with Gasteiger partial charge in [0.1, 0.15) is 0 Å². The highest BCUT2D eigenvalue weighted by Gasteiger charge is 2.31. The summed E-state index contributed by atoms with van der Waals surface area (Å²) in [5.74, 6) is 1.89. The Hall–Kier alpha value is -0.120. The van der Waals surface area contributed by atoms with E-state index in [0.717, 1.165) is 24.7 Å². The predicted octanol–water partition coefficient (Wildman–Crippen LogP) is 4.92. The van der Waals surface area contributed by atoms with Crippen molar-refractivity contribution in [2.24, 2.45) is 23.7 Å². The summed E-state index contributed by atoms with van der Waals surface area (Å²) >= 11 is 0. The van der Waals surface area contributed by atoms with Gasteiger partial charge in [-0.15, -0.1) is 0 Å². The second-order valence-corrected chi connectivity index (χ2v) is 8.55. The molecule has 1 aliphatic carbocycles. The minimum absolute atomic E-state index is 0.132. The molecule has 0 aromatic carbocycles. The largest absolute Gasteiger partial charge is 0.396 e. The first kappa shape index (κ1) is 22.9. The summed E-state index contributed by atoms with van der Waals surface area (Å²) in [5.41, 5.74) is 0. The van der Waals surface area contributed by atoms with Gasteiger partial charge in [-0.2, -0.15) is 0 Å². The Morgan fingerprint density at radius 3 is 2.12 bits per heavy atom. The zero-order valence-electron chi connectivity index (χ0n) is 16.8. The van der Waals surface area contributed by atoms with E-state index in [1.54, 1.807) is 6.92 Å². The predicted molar refractivity (Wildman–Crippen MR) is 106 cm³/mol. The van der Waals surface area contributed by atoms with Crippen molar-refractivity contribution in [1.82, 2.24) is 0 Å². The molecule has 3 heteroatoms. The first-order valence-corrected chi connectivity index (χ1v) is 11.0. The molecule has 1 aliphatic rings. The third kappa shape index (κ3) is 9.40. The maximum absolute atomic E-state index is 9.86. The van der Waals surface area contributed by atoms with Gasteiger partial charge in [0.25, 0.3) is 0 Å². The maximum Gasteiger partial charge on any atom is 0.0512 e. The minimum Gasteiger partial charge on any atom is -0.396 e. The van der Waals surface area contributed by atoms with Gasteiger partial charge in [0.2, 0.25) is 0 Å². The van der Waals surface area contributed by atoms with Crippen molar-refractivity contribution in [2.45, 2.75) is 103 Å². The number of hydrogen-bond acceptors (Lipinski definition) is 3. The molecule has 0 saturated heterocycles. The molecule has 3 N–H and O–H groups in total. The molecule has 0 aliphatic heterocycles. The zero-order chi connectivity index (χ0) is 18.5. The van der Waals surface area contributed by atoms with Crippen molar-refractivity contribution < 1.29 is 15.3 Å². The van der Waals surface area contributed by atoms with Crippen LogP contribution in [0.5, 0.6) is 0 Å². The quantitative estimate of drug-likeness (QED) is 0.365. The zero-order valence-corrected chi connectivity index (χ0v) is 16.8. The van der Waals surface area contributed by atoms with Crippen LogP contribution in [-0.2, 0) is 0 Å². The van der Waals surface area contributed by atoms with Gasteiger partial charge in [0.05, 0.1) is 6.10 Å². The fourth-order valence-corrected chi connectivity index (χ4v) is 4.73. The van der Waals surface area contributed by atoms with Crippen molar-refractivity contribution >= 4 is 0 Å². The van der Waals surface area contributed by atoms with Gasteiger partial charge in [-0.3, -0.25) is 0 Å².